The van der Waals surface area contributed by atoms with Gasteiger partial charge in [-0.3, -0.25) is 18.9 Å². The minimum atomic E-state index is -1.20. The van der Waals surface area contributed by atoms with Crippen molar-refractivity contribution in [3.8, 4) is 0 Å². The molecule has 1 fully saturated rings. The first kappa shape index (κ1) is 18.6. The molecular formula is C20H20N6O3. The molecule has 2 N–H and O–H groups in total. The Kier molecular flexibility index (Phi) is 4.50. The zero-order valence-corrected chi connectivity index (χ0v) is 16.0. The lowest BCUT2D eigenvalue weighted by atomic mass is 9.91. The minimum absolute atomic E-state index is 0.128. The van der Waals surface area contributed by atoms with E-state index in [1.165, 1.54) is 0 Å². The van der Waals surface area contributed by atoms with Gasteiger partial charge >= 0.3 is 6.03 Å². The molecule has 0 spiro atoms. The van der Waals surface area contributed by atoms with Gasteiger partial charge in [-0.25, -0.2) is 4.79 Å². The van der Waals surface area contributed by atoms with E-state index in [1.54, 1.807) is 35.7 Å². The zero-order chi connectivity index (χ0) is 20.6. The second kappa shape index (κ2) is 7.01. The van der Waals surface area contributed by atoms with Gasteiger partial charge in [0.05, 0.1) is 6.54 Å². The third kappa shape index (κ3) is 3.31. The van der Waals surface area contributed by atoms with E-state index in [0.717, 1.165) is 10.5 Å². The van der Waals surface area contributed by atoms with Crippen molar-refractivity contribution < 1.29 is 14.4 Å². The molecule has 3 heterocycles. The van der Waals surface area contributed by atoms with E-state index < -0.39 is 23.4 Å². The SMILES string of the molecule is Cc1ccc([C@@]2(C)NC(=O)N(CC(=O)NCc3nnc4ccccn34)C2=O)cc1. The third-order valence-corrected chi connectivity index (χ3v) is 5.03. The highest BCUT2D eigenvalue weighted by atomic mass is 16.2. The second-order valence-electron chi connectivity index (χ2n) is 7.13. The van der Waals surface area contributed by atoms with Crippen molar-refractivity contribution in [2.45, 2.75) is 25.9 Å². The summed E-state index contributed by atoms with van der Waals surface area (Å²) in [6.07, 6.45) is 1.79. The highest BCUT2D eigenvalue weighted by molar-refractivity contribution is 6.09. The molecule has 0 saturated carbocycles. The van der Waals surface area contributed by atoms with Crippen LogP contribution in [0.15, 0.2) is 48.7 Å². The number of carbonyl (C=O) groups is 3. The van der Waals surface area contributed by atoms with Gasteiger partial charge in [0.15, 0.2) is 11.5 Å². The van der Waals surface area contributed by atoms with Crippen LogP contribution in [0.5, 0.6) is 0 Å². The fourth-order valence-electron chi connectivity index (χ4n) is 3.31. The smallest absolute Gasteiger partial charge is 0.325 e. The summed E-state index contributed by atoms with van der Waals surface area (Å²) in [5.74, 6) is -0.376. The van der Waals surface area contributed by atoms with E-state index in [9.17, 15) is 14.4 Å². The summed E-state index contributed by atoms with van der Waals surface area (Å²) in [5.41, 5.74) is 1.18. The molecule has 4 amide bonds. The molecule has 0 bridgehead atoms. The van der Waals surface area contributed by atoms with Gasteiger partial charge in [-0.05, 0) is 31.5 Å². The van der Waals surface area contributed by atoms with E-state index in [0.29, 0.717) is 17.0 Å². The fourth-order valence-corrected chi connectivity index (χ4v) is 3.31. The summed E-state index contributed by atoms with van der Waals surface area (Å²) < 4.78 is 1.75. The first-order chi connectivity index (χ1) is 13.9. The number of rotatable bonds is 5. The lowest BCUT2D eigenvalue weighted by Crippen LogP contribution is -2.43. The summed E-state index contributed by atoms with van der Waals surface area (Å²) in [6, 6.07) is 12.2. The van der Waals surface area contributed by atoms with Crippen molar-refractivity contribution in [1.82, 2.24) is 30.1 Å². The number of nitrogens with zero attached hydrogens (tertiary/aromatic N) is 4. The molecule has 1 aromatic carbocycles. The number of imide groups is 1. The Hall–Kier alpha value is -3.75. The van der Waals surface area contributed by atoms with Crippen LogP contribution >= 0.6 is 0 Å². The average Bonchev–Trinajstić information content (AvgIpc) is 3.21. The van der Waals surface area contributed by atoms with E-state index in [1.807, 2.05) is 31.2 Å². The highest BCUT2D eigenvalue weighted by Crippen LogP contribution is 2.28. The Morgan fingerprint density at radius 2 is 1.90 bits per heavy atom. The van der Waals surface area contributed by atoms with E-state index >= 15 is 0 Å². The summed E-state index contributed by atoms with van der Waals surface area (Å²) in [7, 11) is 0. The molecular weight excluding hydrogens is 372 g/mol. The molecule has 9 heteroatoms. The summed E-state index contributed by atoms with van der Waals surface area (Å²) in [6.45, 7) is 3.33. The van der Waals surface area contributed by atoms with Crippen molar-refractivity contribution in [3.63, 3.8) is 0 Å². The Balaban J connectivity index is 1.43. The lowest BCUT2D eigenvalue weighted by Gasteiger charge is -2.22. The molecule has 0 aliphatic carbocycles. The predicted molar refractivity (Wildman–Crippen MR) is 104 cm³/mol. The molecule has 1 aliphatic heterocycles. The number of carbonyl (C=O) groups excluding carboxylic acids is 3. The van der Waals surface area contributed by atoms with Crippen LogP contribution in [-0.2, 0) is 21.7 Å². The van der Waals surface area contributed by atoms with Crippen molar-refractivity contribution >= 4 is 23.5 Å². The number of aryl methyl sites for hydroxylation is 1. The van der Waals surface area contributed by atoms with Crippen LogP contribution in [0.2, 0.25) is 0 Å². The molecule has 1 atom stereocenters. The Morgan fingerprint density at radius 3 is 2.66 bits per heavy atom. The quantitative estimate of drug-likeness (QED) is 0.633. The van der Waals surface area contributed by atoms with Gasteiger partial charge in [0.25, 0.3) is 5.91 Å². The maximum absolute atomic E-state index is 12.9. The number of urea groups is 1. The zero-order valence-electron chi connectivity index (χ0n) is 16.0. The molecule has 29 heavy (non-hydrogen) atoms. The van der Waals surface area contributed by atoms with Gasteiger partial charge in [0.1, 0.15) is 12.1 Å². The third-order valence-electron chi connectivity index (χ3n) is 5.03. The van der Waals surface area contributed by atoms with Crippen LogP contribution in [-0.4, -0.2) is 43.9 Å². The van der Waals surface area contributed by atoms with Crippen molar-refractivity contribution in [3.05, 3.63) is 65.6 Å². The molecule has 4 rings (SSSR count). The standard InChI is InChI=1S/C20H20N6O3/c1-13-6-8-14(9-7-13)20(2)18(28)26(19(29)22-20)12-17(27)21-11-16-24-23-15-5-3-4-10-25(15)16/h3-10H,11-12H2,1-2H3,(H,21,27)(H,22,29)/t20-/m1/s1. The monoisotopic (exact) mass is 392 g/mol. The van der Waals surface area contributed by atoms with E-state index in [2.05, 4.69) is 20.8 Å². The van der Waals surface area contributed by atoms with Gasteiger partial charge in [0, 0.05) is 6.20 Å². The van der Waals surface area contributed by atoms with Crippen molar-refractivity contribution in [1.29, 1.82) is 0 Å². The summed E-state index contributed by atoms with van der Waals surface area (Å²) in [5, 5.41) is 13.4. The van der Waals surface area contributed by atoms with Gasteiger partial charge in [0.2, 0.25) is 5.91 Å². The molecule has 148 valence electrons. The largest absolute Gasteiger partial charge is 0.347 e. The van der Waals surface area contributed by atoms with Gasteiger partial charge in [-0.1, -0.05) is 35.9 Å². The van der Waals surface area contributed by atoms with Crippen LogP contribution in [0.3, 0.4) is 0 Å². The van der Waals surface area contributed by atoms with Crippen LogP contribution in [0, 0.1) is 6.92 Å². The molecule has 3 aromatic rings. The highest BCUT2D eigenvalue weighted by Gasteiger charge is 2.49. The number of nitrogens with one attached hydrogen (secondary N) is 2. The molecule has 9 nitrogen and oxygen atoms in total. The maximum atomic E-state index is 12.9. The number of pyridine rings is 1. The van der Waals surface area contributed by atoms with Crippen molar-refractivity contribution in [2.24, 2.45) is 0 Å². The Bertz CT molecular complexity index is 1110. The molecule has 0 radical (unpaired) electrons. The van der Waals surface area contributed by atoms with Gasteiger partial charge in [-0.15, -0.1) is 10.2 Å². The number of amides is 4. The number of benzene rings is 1. The predicted octanol–water partition coefficient (Wildman–Crippen LogP) is 1.12. The first-order valence-corrected chi connectivity index (χ1v) is 9.15. The van der Waals surface area contributed by atoms with Crippen LogP contribution < -0.4 is 10.6 Å². The summed E-state index contributed by atoms with van der Waals surface area (Å²) >= 11 is 0. The van der Waals surface area contributed by atoms with E-state index in [-0.39, 0.29) is 13.1 Å². The molecule has 0 unspecified atom stereocenters. The van der Waals surface area contributed by atoms with Gasteiger partial charge in [-0.2, -0.15) is 0 Å². The minimum Gasteiger partial charge on any atom is -0.347 e. The molecule has 1 aliphatic rings. The van der Waals surface area contributed by atoms with Crippen LogP contribution in [0.1, 0.15) is 23.9 Å². The van der Waals surface area contributed by atoms with Crippen LogP contribution in [0.4, 0.5) is 4.79 Å². The number of aromatic nitrogens is 3. The lowest BCUT2D eigenvalue weighted by molar-refractivity contribution is -0.134. The maximum Gasteiger partial charge on any atom is 0.325 e. The Morgan fingerprint density at radius 1 is 1.14 bits per heavy atom. The number of hydrogen-bond acceptors (Lipinski definition) is 5. The van der Waals surface area contributed by atoms with E-state index in [4.69, 9.17) is 0 Å². The van der Waals surface area contributed by atoms with Crippen LogP contribution in [0.25, 0.3) is 5.65 Å². The normalized spacial score (nSPS) is 18.9. The van der Waals surface area contributed by atoms with Gasteiger partial charge < -0.3 is 10.6 Å². The topological polar surface area (TPSA) is 109 Å². The summed E-state index contributed by atoms with van der Waals surface area (Å²) in [4.78, 5) is 38.6. The fraction of sp³-hybridized carbons (Fsp3) is 0.250. The van der Waals surface area contributed by atoms with Crippen molar-refractivity contribution in [2.75, 3.05) is 6.54 Å². The number of hydrogen-bond donors (Lipinski definition) is 2. The Labute approximate surface area is 166 Å². The second-order valence-corrected chi connectivity index (χ2v) is 7.13. The first-order valence-electron chi connectivity index (χ1n) is 9.15. The number of fused-ring (bicyclic) bond motifs is 1. The molecule has 2 aromatic heterocycles. The molecule has 1 saturated heterocycles. The average molecular weight is 392 g/mol.